The molecule has 1 fully saturated rings. The van der Waals surface area contributed by atoms with E-state index in [9.17, 15) is 14.4 Å². The molecule has 0 radical (unpaired) electrons. The molecule has 0 aromatic heterocycles. The number of nitrogens with one attached hydrogen (secondary N) is 3. The molecule has 28 heavy (non-hydrogen) atoms. The van der Waals surface area contributed by atoms with Gasteiger partial charge in [-0.15, -0.1) is 0 Å². The van der Waals surface area contributed by atoms with E-state index in [0.717, 1.165) is 57.7 Å². The average molecular weight is 397 g/mol. The van der Waals surface area contributed by atoms with Gasteiger partial charge in [-0.25, -0.2) is 9.59 Å². The summed E-state index contributed by atoms with van der Waals surface area (Å²) in [5, 5.41) is 8.90. The molecule has 0 bridgehead atoms. The van der Waals surface area contributed by atoms with Crippen molar-refractivity contribution in [2.24, 2.45) is 0 Å². The molecule has 0 atom stereocenters. The van der Waals surface area contributed by atoms with E-state index in [-0.39, 0.29) is 18.1 Å². The van der Waals surface area contributed by atoms with Gasteiger partial charge >= 0.3 is 12.1 Å². The van der Waals surface area contributed by atoms with Crippen LogP contribution in [-0.2, 0) is 4.79 Å². The molecule has 0 aromatic rings. The van der Waals surface area contributed by atoms with Crippen LogP contribution in [0, 0.1) is 0 Å². The summed E-state index contributed by atoms with van der Waals surface area (Å²) in [4.78, 5) is 38.2. The minimum absolute atomic E-state index is 0.0181. The van der Waals surface area contributed by atoms with E-state index in [1.54, 1.807) is 0 Å². The van der Waals surface area contributed by atoms with E-state index in [1.165, 1.54) is 0 Å². The zero-order valence-corrected chi connectivity index (χ0v) is 18.0. The lowest BCUT2D eigenvalue weighted by Gasteiger charge is -2.34. The zero-order chi connectivity index (χ0) is 20.8. The Hall–Kier alpha value is -1.79. The molecule has 0 unspecified atom stereocenters. The highest BCUT2D eigenvalue weighted by Crippen LogP contribution is 2.20. The van der Waals surface area contributed by atoms with Crippen LogP contribution in [0.25, 0.3) is 0 Å². The lowest BCUT2D eigenvalue weighted by atomic mass is 9.88. The molecule has 4 amide bonds. The number of unbranched alkanes of at least 4 members (excludes halogenated alkanes) is 3. The monoisotopic (exact) mass is 396 g/mol. The van der Waals surface area contributed by atoms with Crippen molar-refractivity contribution in [3.63, 3.8) is 0 Å². The number of urea groups is 2. The summed E-state index contributed by atoms with van der Waals surface area (Å²) in [7, 11) is 0. The van der Waals surface area contributed by atoms with Crippen molar-refractivity contribution in [3.8, 4) is 0 Å². The second-order valence-corrected chi connectivity index (χ2v) is 7.93. The Morgan fingerprint density at radius 1 is 1.00 bits per heavy atom. The highest BCUT2D eigenvalue weighted by atomic mass is 16.2. The van der Waals surface area contributed by atoms with Crippen LogP contribution >= 0.6 is 0 Å². The number of carbonyl (C=O) groups is 3. The van der Waals surface area contributed by atoms with Crippen molar-refractivity contribution >= 4 is 18.3 Å². The molecule has 1 heterocycles. The smallest absolute Gasteiger partial charge is 0.317 e. The Kier molecular flexibility index (Phi) is 11.6. The quantitative estimate of drug-likeness (QED) is 0.348. The Morgan fingerprint density at radius 3 is 2.07 bits per heavy atom. The van der Waals surface area contributed by atoms with Gasteiger partial charge in [-0.2, -0.15) is 0 Å². The van der Waals surface area contributed by atoms with Gasteiger partial charge in [0.15, 0.2) is 0 Å². The van der Waals surface area contributed by atoms with Crippen LogP contribution in [0.4, 0.5) is 9.59 Å². The Morgan fingerprint density at radius 2 is 1.57 bits per heavy atom. The van der Waals surface area contributed by atoms with Gasteiger partial charge in [-0.05, 0) is 32.1 Å². The molecule has 0 aliphatic carbocycles. The summed E-state index contributed by atoms with van der Waals surface area (Å²) in [6, 6.07) is -0.262. The van der Waals surface area contributed by atoms with Gasteiger partial charge < -0.3 is 25.6 Å². The van der Waals surface area contributed by atoms with Crippen LogP contribution < -0.4 is 16.0 Å². The molecule has 0 spiro atoms. The summed E-state index contributed by atoms with van der Waals surface area (Å²) in [6.45, 7) is 8.24. The van der Waals surface area contributed by atoms with Gasteiger partial charge in [0.2, 0.25) is 0 Å². The van der Waals surface area contributed by atoms with Crippen molar-refractivity contribution in [2.45, 2.75) is 96.6 Å². The number of rotatable bonds is 12. The average Bonchev–Trinajstić information content (AvgIpc) is 2.70. The second kappa shape index (κ2) is 13.4. The third-order valence-corrected chi connectivity index (χ3v) is 5.46. The fourth-order valence-corrected chi connectivity index (χ4v) is 3.54. The van der Waals surface area contributed by atoms with Crippen LogP contribution in [0.2, 0.25) is 0 Å². The first-order chi connectivity index (χ1) is 13.5. The first kappa shape index (κ1) is 24.2. The number of amides is 4. The minimum Gasteiger partial charge on any atom is -0.338 e. The molecule has 1 aliphatic rings. The largest absolute Gasteiger partial charge is 0.338 e. The number of hydrogen-bond acceptors (Lipinski definition) is 3. The Balaban J connectivity index is 2.47. The predicted molar refractivity (Wildman–Crippen MR) is 112 cm³/mol. The molecular weight excluding hydrogens is 356 g/mol. The van der Waals surface area contributed by atoms with Crippen LogP contribution in [0.1, 0.15) is 85.0 Å². The van der Waals surface area contributed by atoms with Crippen molar-refractivity contribution in [1.29, 1.82) is 0 Å². The first-order valence-corrected chi connectivity index (χ1v) is 11.1. The topological polar surface area (TPSA) is 90.5 Å². The summed E-state index contributed by atoms with van der Waals surface area (Å²) in [5.74, 6) is 0. The van der Waals surface area contributed by atoms with Crippen LogP contribution in [-0.4, -0.2) is 54.5 Å². The maximum Gasteiger partial charge on any atom is 0.317 e. The minimum atomic E-state index is -0.768. The first-order valence-electron chi connectivity index (χ1n) is 11.1. The Labute approximate surface area is 170 Å². The van der Waals surface area contributed by atoms with Gasteiger partial charge in [0.25, 0.3) is 0 Å². The third-order valence-electron chi connectivity index (χ3n) is 5.46. The predicted octanol–water partition coefficient (Wildman–Crippen LogP) is 3.58. The highest BCUT2D eigenvalue weighted by Gasteiger charge is 2.31. The Bertz CT molecular complexity index is 468. The highest BCUT2D eigenvalue weighted by molar-refractivity contribution is 5.80. The van der Waals surface area contributed by atoms with Gasteiger partial charge in [0.05, 0.1) is 5.54 Å². The molecule has 7 nitrogen and oxygen atoms in total. The molecule has 1 saturated heterocycles. The third kappa shape index (κ3) is 8.48. The van der Waals surface area contributed by atoms with E-state index < -0.39 is 5.54 Å². The number of aldehydes is 1. The fourth-order valence-electron chi connectivity index (χ4n) is 3.54. The molecular formula is C21H40N4O3. The molecule has 1 aliphatic heterocycles. The van der Waals surface area contributed by atoms with Crippen molar-refractivity contribution < 1.29 is 14.4 Å². The molecule has 1 rings (SSSR count). The summed E-state index contributed by atoms with van der Waals surface area (Å²) in [6.07, 6.45) is 9.57. The van der Waals surface area contributed by atoms with E-state index in [1.807, 2.05) is 4.90 Å². The normalized spacial score (nSPS) is 15.2. The maximum absolute atomic E-state index is 12.5. The SMILES string of the molecule is CCCCNC(=O)N1CCC(NC(=O)NC(C=O)(CCCC)CCCC)CC1. The van der Waals surface area contributed by atoms with Crippen LogP contribution in [0.5, 0.6) is 0 Å². The van der Waals surface area contributed by atoms with E-state index in [2.05, 4.69) is 36.7 Å². The zero-order valence-electron chi connectivity index (χ0n) is 18.0. The maximum atomic E-state index is 12.5. The molecule has 3 N–H and O–H groups in total. The van der Waals surface area contributed by atoms with Gasteiger partial charge in [0.1, 0.15) is 6.29 Å². The van der Waals surface area contributed by atoms with E-state index in [0.29, 0.717) is 32.5 Å². The van der Waals surface area contributed by atoms with E-state index in [4.69, 9.17) is 0 Å². The summed E-state index contributed by atoms with van der Waals surface area (Å²) < 4.78 is 0. The van der Waals surface area contributed by atoms with Crippen LogP contribution in [0.15, 0.2) is 0 Å². The van der Waals surface area contributed by atoms with Gasteiger partial charge in [-0.3, -0.25) is 0 Å². The van der Waals surface area contributed by atoms with Crippen molar-refractivity contribution in [1.82, 2.24) is 20.9 Å². The number of hydrogen-bond donors (Lipinski definition) is 3. The number of nitrogens with zero attached hydrogens (tertiary/aromatic N) is 1. The molecule has 0 aromatic carbocycles. The van der Waals surface area contributed by atoms with Crippen molar-refractivity contribution in [3.05, 3.63) is 0 Å². The standard InChI is InChI=1S/C21H40N4O3/c1-4-7-12-21(17-26,13-8-5-2)24-19(27)23-18-10-15-25(16-11-18)20(28)22-14-9-6-3/h17-18H,4-16H2,1-3H3,(H,22,28)(H2,23,24,27). The lowest BCUT2D eigenvalue weighted by Crippen LogP contribution is -2.57. The summed E-state index contributed by atoms with van der Waals surface area (Å²) >= 11 is 0. The van der Waals surface area contributed by atoms with Gasteiger partial charge in [0, 0.05) is 25.7 Å². The number of likely N-dealkylation sites (tertiary alicyclic amines) is 1. The number of piperidine rings is 1. The van der Waals surface area contributed by atoms with E-state index >= 15 is 0 Å². The molecule has 7 heteroatoms. The molecule has 162 valence electrons. The number of carbonyl (C=O) groups excluding carboxylic acids is 3. The van der Waals surface area contributed by atoms with Crippen molar-refractivity contribution in [2.75, 3.05) is 19.6 Å². The van der Waals surface area contributed by atoms with Crippen LogP contribution in [0.3, 0.4) is 0 Å². The molecule has 0 saturated carbocycles. The second-order valence-electron chi connectivity index (χ2n) is 7.93. The van der Waals surface area contributed by atoms with Gasteiger partial charge in [-0.1, -0.05) is 52.9 Å². The lowest BCUT2D eigenvalue weighted by molar-refractivity contribution is -0.113. The fraction of sp³-hybridized carbons (Fsp3) is 0.857. The summed E-state index contributed by atoms with van der Waals surface area (Å²) in [5.41, 5.74) is -0.768.